The smallest absolute Gasteiger partial charge is 0.293 e. The minimum atomic E-state index is -1.22. The van der Waals surface area contributed by atoms with Crippen molar-refractivity contribution >= 4 is 23.5 Å². The lowest BCUT2D eigenvalue weighted by Gasteiger charge is -2.16. The Morgan fingerprint density at radius 2 is 2.19 bits per heavy atom. The number of rotatable bonds is 4. The van der Waals surface area contributed by atoms with Crippen molar-refractivity contribution in [3.8, 4) is 0 Å². The molecule has 112 valence electrons. The van der Waals surface area contributed by atoms with E-state index in [4.69, 9.17) is 10.5 Å². The maximum absolute atomic E-state index is 10.2. The molecule has 3 rings (SSSR count). The number of aliphatic hydroxyl groups is 2. The summed E-state index contributed by atoms with van der Waals surface area (Å²) in [7, 11) is 0. The molecule has 0 saturated carbocycles. The van der Waals surface area contributed by atoms with Crippen LogP contribution in [0.2, 0.25) is 0 Å². The van der Waals surface area contributed by atoms with Crippen molar-refractivity contribution in [3.63, 3.8) is 0 Å². The summed E-state index contributed by atoms with van der Waals surface area (Å²) in [6, 6.07) is 0. The number of hydrogen-bond acceptors (Lipinski definition) is 9. The van der Waals surface area contributed by atoms with Gasteiger partial charge in [0.2, 0.25) is 0 Å². The fourth-order valence-electron chi connectivity index (χ4n) is 2.29. The summed E-state index contributed by atoms with van der Waals surface area (Å²) >= 11 is 0. The van der Waals surface area contributed by atoms with Crippen molar-refractivity contribution in [2.24, 2.45) is 0 Å². The van der Waals surface area contributed by atoms with E-state index in [1.54, 1.807) is 0 Å². The lowest BCUT2D eigenvalue weighted by molar-refractivity contribution is -0.135. The number of hydrogen-bond donors (Lipinski definition) is 3. The molecule has 0 spiro atoms. The predicted molar refractivity (Wildman–Crippen MR) is 67.7 cm³/mol. The van der Waals surface area contributed by atoms with Crippen LogP contribution in [0.3, 0.4) is 0 Å². The van der Waals surface area contributed by atoms with Crippen molar-refractivity contribution in [2.45, 2.75) is 24.5 Å². The van der Waals surface area contributed by atoms with E-state index in [9.17, 15) is 15.0 Å². The van der Waals surface area contributed by atoms with Gasteiger partial charge >= 0.3 is 0 Å². The average molecular weight is 295 g/mol. The van der Waals surface area contributed by atoms with Crippen molar-refractivity contribution in [1.82, 2.24) is 19.5 Å². The first-order chi connectivity index (χ1) is 10.1. The molecule has 1 unspecified atom stereocenters. The van der Waals surface area contributed by atoms with E-state index in [0.29, 0.717) is 11.2 Å². The van der Waals surface area contributed by atoms with Crippen LogP contribution in [0, 0.1) is 0 Å². The zero-order valence-electron chi connectivity index (χ0n) is 10.7. The van der Waals surface area contributed by atoms with Crippen LogP contribution >= 0.6 is 0 Å². The molecule has 0 amide bonds. The zero-order chi connectivity index (χ0) is 15.0. The SMILES string of the molecule is Nc1ncnc2c1ncn2C1O[C@H](COC=O)[C@@H](O)[C@@H]1O. The number of carbonyl (C=O) groups excluding carboxylic acids is 1. The molecule has 0 aromatic carbocycles. The highest BCUT2D eigenvalue weighted by molar-refractivity contribution is 5.81. The van der Waals surface area contributed by atoms with Gasteiger partial charge in [0.05, 0.1) is 6.33 Å². The van der Waals surface area contributed by atoms with Crippen LogP contribution in [0.4, 0.5) is 5.82 Å². The van der Waals surface area contributed by atoms with Gasteiger partial charge in [-0.1, -0.05) is 0 Å². The van der Waals surface area contributed by atoms with Gasteiger partial charge in [-0.05, 0) is 0 Å². The van der Waals surface area contributed by atoms with E-state index in [2.05, 4.69) is 19.7 Å². The third kappa shape index (κ3) is 2.18. The first-order valence-electron chi connectivity index (χ1n) is 6.13. The van der Waals surface area contributed by atoms with E-state index in [0.717, 1.165) is 0 Å². The first kappa shape index (κ1) is 13.7. The topological polar surface area (TPSA) is 146 Å². The van der Waals surface area contributed by atoms with Crippen LogP contribution in [0.25, 0.3) is 11.2 Å². The van der Waals surface area contributed by atoms with Crippen LogP contribution in [-0.4, -0.2) is 61.1 Å². The molecule has 21 heavy (non-hydrogen) atoms. The molecule has 1 aliphatic rings. The van der Waals surface area contributed by atoms with Crippen molar-refractivity contribution in [2.75, 3.05) is 12.3 Å². The molecule has 0 radical (unpaired) electrons. The maximum atomic E-state index is 10.2. The second-order valence-corrected chi connectivity index (χ2v) is 4.56. The number of nitrogens with two attached hydrogens (primary N) is 1. The highest BCUT2D eigenvalue weighted by Crippen LogP contribution is 2.31. The number of aliphatic hydroxyl groups excluding tert-OH is 2. The standard InChI is InChI=1S/C11H13N5O5/c12-9-6-10(14-2-13-9)16(3-15-6)11-8(19)7(18)5(21-11)1-20-4-17/h2-5,7-8,11,18-19H,1H2,(H2,12,13,14)/t5-,7-,8+,11?/m1/s1. The van der Waals surface area contributed by atoms with Crippen LogP contribution in [0.15, 0.2) is 12.7 Å². The largest absolute Gasteiger partial charge is 0.465 e. The molecule has 1 fully saturated rings. The van der Waals surface area contributed by atoms with Gasteiger partial charge in [-0.3, -0.25) is 9.36 Å². The molecule has 1 saturated heterocycles. The number of aromatic nitrogens is 4. The molecule has 10 nitrogen and oxygen atoms in total. The molecular formula is C11H13N5O5. The molecule has 10 heteroatoms. The molecule has 3 heterocycles. The Labute approximate surface area is 118 Å². The van der Waals surface area contributed by atoms with E-state index in [1.165, 1.54) is 17.2 Å². The van der Waals surface area contributed by atoms with Gasteiger partial charge in [-0.2, -0.15) is 0 Å². The fraction of sp³-hybridized carbons (Fsp3) is 0.455. The Kier molecular flexibility index (Phi) is 3.41. The summed E-state index contributed by atoms with van der Waals surface area (Å²) in [5.74, 6) is 0.202. The summed E-state index contributed by atoms with van der Waals surface area (Å²) < 4.78 is 11.5. The van der Waals surface area contributed by atoms with Crippen LogP contribution in [0.5, 0.6) is 0 Å². The molecule has 4 N–H and O–H groups in total. The number of ether oxygens (including phenoxy) is 2. The number of anilines is 1. The van der Waals surface area contributed by atoms with E-state index >= 15 is 0 Å². The third-order valence-corrected chi connectivity index (χ3v) is 3.33. The summed E-state index contributed by atoms with van der Waals surface area (Å²) in [5, 5.41) is 20.0. The third-order valence-electron chi connectivity index (χ3n) is 3.33. The quantitative estimate of drug-likeness (QED) is 0.556. The summed E-state index contributed by atoms with van der Waals surface area (Å²) in [5.41, 5.74) is 6.43. The van der Waals surface area contributed by atoms with Crippen LogP contribution < -0.4 is 5.73 Å². The van der Waals surface area contributed by atoms with Crippen molar-refractivity contribution < 1.29 is 24.5 Å². The Morgan fingerprint density at radius 1 is 1.38 bits per heavy atom. The summed E-state index contributed by atoms with van der Waals surface area (Å²) in [6.07, 6.45) is -1.53. The van der Waals surface area contributed by atoms with Gasteiger partial charge in [0, 0.05) is 0 Å². The molecular weight excluding hydrogens is 282 g/mol. The van der Waals surface area contributed by atoms with E-state index in [1.807, 2.05) is 0 Å². The van der Waals surface area contributed by atoms with Gasteiger partial charge in [0.15, 0.2) is 17.7 Å². The second-order valence-electron chi connectivity index (χ2n) is 4.56. The number of nitrogens with zero attached hydrogens (tertiary/aromatic N) is 4. The molecule has 2 aromatic rings. The van der Waals surface area contributed by atoms with Gasteiger partial charge in [0.1, 0.15) is 36.8 Å². The first-order valence-corrected chi connectivity index (χ1v) is 6.13. The van der Waals surface area contributed by atoms with Crippen molar-refractivity contribution in [3.05, 3.63) is 12.7 Å². The number of fused-ring (bicyclic) bond motifs is 1. The van der Waals surface area contributed by atoms with Crippen molar-refractivity contribution in [1.29, 1.82) is 0 Å². The molecule has 4 atom stereocenters. The van der Waals surface area contributed by atoms with Crippen LogP contribution in [-0.2, 0) is 14.3 Å². The minimum absolute atomic E-state index is 0.165. The lowest BCUT2D eigenvalue weighted by Crippen LogP contribution is -2.33. The number of imidazole rings is 1. The summed E-state index contributed by atoms with van der Waals surface area (Å²) in [4.78, 5) is 22.1. The van der Waals surface area contributed by atoms with Gasteiger partial charge < -0.3 is 25.4 Å². The summed E-state index contributed by atoms with van der Waals surface area (Å²) in [6.45, 7) is 0.0817. The highest BCUT2D eigenvalue weighted by atomic mass is 16.6. The van der Waals surface area contributed by atoms with Gasteiger partial charge in [-0.25, -0.2) is 15.0 Å². The average Bonchev–Trinajstić information content (AvgIpc) is 3.02. The monoisotopic (exact) mass is 295 g/mol. The lowest BCUT2D eigenvalue weighted by atomic mass is 10.1. The van der Waals surface area contributed by atoms with Crippen LogP contribution in [0.1, 0.15) is 6.23 Å². The highest BCUT2D eigenvalue weighted by Gasteiger charge is 2.44. The Morgan fingerprint density at radius 3 is 2.95 bits per heavy atom. The Balaban J connectivity index is 1.92. The minimum Gasteiger partial charge on any atom is -0.465 e. The van der Waals surface area contributed by atoms with E-state index < -0.39 is 24.5 Å². The molecule has 0 aliphatic carbocycles. The molecule has 1 aliphatic heterocycles. The Bertz CT molecular complexity index is 661. The Hall–Kier alpha value is -2.30. The predicted octanol–water partition coefficient (Wildman–Crippen LogP) is -1.80. The molecule has 0 bridgehead atoms. The van der Waals surface area contributed by atoms with Gasteiger partial charge in [-0.15, -0.1) is 0 Å². The fourth-order valence-corrected chi connectivity index (χ4v) is 2.29. The van der Waals surface area contributed by atoms with E-state index in [-0.39, 0.29) is 18.9 Å². The number of nitrogen functional groups attached to an aromatic ring is 1. The maximum Gasteiger partial charge on any atom is 0.293 e. The normalized spacial score (nSPS) is 28.9. The second kappa shape index (κ2) is 5.24. The number of carbonyl (C=O) groups is 1. The molecule has 2 aromatic heterocycles. The zero-order valence-corrected chi connectivity index (χ0v) is 10.7. The van der Waals surface area contributed by atoms with Gasteiger partial charge in [0.25, 0.3) is 6.47 Å².